The average Bonchev–Trinajstić information content (AvgIpc) is 2.64. The lowest BCUT2D eigenvalue weighted by Crippen LogP contribution is -2.49. The number of ketones is 1. The molecular formula is C11H14BrNOS. The van der Waals surface area contributed by atoms with Crippen molar-refractivity contribution in [3.8, 4) is 0 Å². The van der Waals surface area contributed by atoms with E-state index in [1.54, 1.807) is 0 Å². The fraction of sp³-hybridized carbons (Fsp3) is 0.545. The van der Waals surface area contributed by atoms with Gasteiger partial charge in [0.1, 0.15) is 0 Å². The third-order valence-electron chi connectivity index (χ3n) is 3.02. The summed E-state index contributed by atoms with van der Waals surface area (Å²) in [5.74, 6) is 0.115. The van der Waals surface area contributed by atoms with E-state index in [2.05, 4.69) is 15.9 Å². The quantitative estimate of drug-likeness (QED) is 0.848. The molecule has 4 heteroatoms. The molecule has 1 saturated carbocycles. The molecule has 0 aliphatic heterocycles. The number of nitrogens with two attached hydrogens (primary N) is 1. The molecule has 2 N–H and O–H groups in total. The van der Waals surface area contributed by atoms with Gasteiger partial charge in [0.15, 0.2) is 5.78 Å². The molecule has 1 heterocycles. The molecule has 0 radical (unpaired) electrons. The minimum Gasteiger partial charge on any atom is -0.319 e. The van der Waals surface area contributed by atoms with Crippen molar-refractivity contribution in [1.82, 2.24) is 0 Å². The van der Waals surface area contributed by atoms with Crippen LogP contribution >= 0.6 is 27.3 Å². The molecule has 0 saturated heterocycles. The maximum Gasteiger partial charge on any atom is 0.193 e. The van der Waals surface area contributed by atoms with Gasteiger partial charge in [0.2, 0.25) is 0 Å². The van der Waals surface area contributed by atoms with Gasteiger partial charge >= 0.3 is 0 Å². The van der Waals surface area contributed by atoms with Gasteiger partial charge in [0.05, 0.1) is 10.4 Å². The van der Waals surface area contributed by atoms with Crippen LogP contribution in [0.15, 0.2) is 15.9 Å². The lowest BCUT2D eigenvalue weighted by molar-refractivity contribution is 0.0851. The fourth-order valence-electron chi connectivity index (χ4n) is 2.09. The number of thiophene rings is 1. The number of Topliss-reactive ketones (excluding diaryl/α,β-unsaturated/α-hetero) is 1. The minimum absolute atomic E-state index is 0.115. The lowest BCUT2D eigenvalue weighted by atomic mass is 9.79. The van der Waals surface area contributed by atoms with Crippen molar-refractivity contribution in [3.05, 3.63) is 20.8 Å². The Balaban J connectivity index is 2.23. The first kappa shape index (κ1) is 11.3. The van der Waals surface area contributed by atoms with Crippen molar-refractivity contribution in [2.24, 2.45) is 5.73 Å². The molecule has 1 aliphatic rings. The second kappa shape index (κ2) is 4.36. The van der Waals surface area contributed by atoms with Crippen LogP contribution in [0.3, 0.4) is 0 Å². The van der Waals surface area contributed by atoms with E-state index in [1.165, 1.54) is 17.8 Å². The van der Waals surface area contributed by atoms with E-state index in [4.69, 9.17) is 5.73 Å². The molecule has 0 bridgehead atoms. The summed E-state index contributed by atoms with van der Waals surface area (Å²) < 4.78 is 0.882. The zero-order valence-electron chi connectivity index (χ0n) is 8.46. The standard InChI is InChI=1S/C11H14BrNOS/c12-8-4-7-15-9(8)10(14)11(13)5-2-1-3-6-11/h4,7H,1-3,5-6,13H2. The highest BCUT2D eigenvalue weighted by Crippen LogP contribution is 2.33. The van der Waals surface area contributed by atoms with E-state index in [0.717, 1.165) is 35.0 Å². The third-order valence-corrected chi connectivity index (χ3v) is 4.86. The van der Waals surface area contributed by atoms with Crippen LogP contribution in [0.2, 0.25) is 0 Å². The largest absolute Gasteiger partial charge is 0.319 e. The van der Waals surface area contributed by atoms with E-state index >= 15 is 0 Å². The Morgan fingerprint density at radius 1 is 1.40 bits per heavy atom. The first-order chi connectivity index (χ1) is 7.13. The van der Waals surface area contributed by atoms with Crippen LogP contribution in [0.1, 0.15) is 41.8 Å². The first-order valence-corrected chi connectivity index (χ1v) is 6.87. The van der Waals surface area contributed by atoms with Crippen molar-refractivity contribution < 1.29 is 4.79 Å². The van der Waals surface area contributed by atoms with E-state index in [9.17, 15) is 4.79 Å². The smallest absolute Gasteiger partial charge is 0.193 e. The van der Waals surface area contributed by atoms with Crippen LogP contribution in [0.5, 0.6) is 0 Å². The number of carbonyl (C=O) groups is 1. The monoisotopic (exact) mass is 287 g/mol. The van der Waals surface area contributed by atoms with E-state index in [-0.39, 0.29) is 5.78 Å². The Morgan fingerprint density at radius 2 is 2.07 bits per heavy atom. The number of hydrogen-bond donors (Lipinski definition) is 1. The van der Waals surface area contributed by atoms with Gasteiger partial charge in [-0.15, -0.1) is 11.3 Å². The van der Waals surface area contributed by atoms with Gasteiger partial charge in [0.25, 0.3) is 0 Å². The van der Waals surface area contributed by atoms with Gasteiger partial charge in [-0.05, 0) is 40.2 Å². The van der Waals surface area contributed by atoms with Gasteiger partial charge in [0, 0.05) is 4.47 Å². The van der Waals surface area contributed by atoms with Gasteiger partial charge in [-0.2, -0.15) is 0 Å². The molecule has 0 aromatic carbocycles. The fourth-order valence-corrected chi connectivity index (χ4v) is 3.69. The molecule has 0 unspecified atom stereocenters. The maximum atomic E-state index is 12.3. The molecular weight excluding hydrogens is 274 g/mol. The van der Waals surface area contributed by atoms with Crippen LogP contribution in [-0.2, 0) is 0 Å². The van der Waals surface area contributed by atoms with E-state index in [0.29, 0.717) is 0 Å². The highest BCUT2D eigenvalue weighted by atomic mass is 79.9. The summed E-state index contributed by atoms with van der Waals surface area (Å²) in [5.41, 5.74) is 5.59. The predicted molar refractivity (Wildman–Crippen MR) is 66.4 cm³/mol. The molecule has 1 fully saturated rings. The minimum atomic E-state index is -0.606. The summed E-state index contributed by atoms with van der Waals surface area (Å²) in [6.07, 6.45) is 5.01. The summed E-state index contributed by atoms with van der Waals surface area (Å²) in [5, 5.41) is 1.92. The maximum absolute atomic E-state index is 12.3. The van der Waals surface area contributed by atoms with Crippen LogP contribution in [-0.4, -0.2) is 11.3 Å². The second-order valence-corrected chi connectivity index (χ2v) is 5.91. The Bertz CT molecular complexity index is 368. The zero-order valence-corrected chi connectivity index (χ0v) is 10.9. The van der Waals surface area contributed by atoms with Crippen molar-refractivity contribution in [3.63, 3.8) is 0 Å². The molecule has 0 spiro atoms. The third kappa shape index (κ3) is 2.17. The lowest BCUT2D eigenvalue weighted by Gasteiger charge is -2.31. The summed E-state index contributed by atoms with van der Waals surface area (Å²) in [4.78, 5) is 13.0. The Kier molecular flexibility index (Phi) is 3.28. The van der Waals surface area contributed by atoms with Crippen LogP contribution < -0.4 is 5.73 Å². The number of hydrogen-bond acceptors (Lipinski definition) is 3. The van der Waals surface area contributed by atoms with E-state index in [1.807, 2.05) is 11.4 Å². The van der Waals surface area contributed by atoms with Gasteiger partial charge in [-0.3, -0.25) is 4.79 Å². The molecule has 0 amide bonds. The Morgan fingerprint density at radius 3 is 2.60 bits per heavy atom. The summed E-state index contributed by atoms with van der Waals surface area (Å²) in [6.45, 7) is 0. The SMILES string of the molecule is NC1(C(=O)c2sccc2Br)CCCCC1. The predicted octanol–water partition coefficient (Wildman–Crippen LogP) is 3.35. The molecule has 1 aliphatic carbocycles. The van der Waals surface area contributed by atoms with Crippen molar-refractivity contribution >= 4 is 33.0 Å². The molecule has 2 rings (SSSR count). The second-order valence-electron chi connectivity index (χ2n) is 4.14. The van der Waals surface area contributed by atoms with Crippen molar-refractivity contribution in [2.75, 3.05) is 0 Å². The van der Waals surface area contributed by atoms with Crippen LogP contribution in [0, 0.1) is 0 Å². The summed E-state index contributed by atoms with van der Waals surface area (Å²) in [6, 6.07) is 1.91. The zero-order chi connectivity index (χ0) is 10.9. The van der Waals surface area contributed by atoms with Gasteiger partial charge in [-0.1, -0.05) is 19.3 Å². The molecule has 0 atom stereocenters. The normalized spacial score (nSPS) is 20.1. The summed E-state index contributed by atoms with van der Waals surface area (Å²) >= 11 is 4.87. The molecule has 15 heavy (non-hydrogen) atoms. The van der Waals surface area contributed by atoms with Crippen molar-refractivity contribution in [2.45, 2.75) is 37.6 Å². The first-order valence-electron chi connectivity index (χ1n) is 5.20. The Labute approximate surface area is 102 Å². The van der Waals surface area contributed by atoms with Gasteiger partial charge < -0.3 is 5.73 Å². The molecule has 2 nitrogen and oxygen atoms in total. The molecule has 1 aromatic heterocycles. The van der Waals surface area contributed by atoms with Crippen molar-refractivity contribution in [1.29, 1.82) is 0 Å². The topological polar surface area (TPSA) is 43.1 Å². The summed E-state index contributed by atoms with van der Waals surface area (Å²) in [7, 11) is 0. The highest BCUT2D eigenvalue weighted by Gasteiger charge is 2.37. The highest BCUT2D eigenvalue weighted by molar-refractivity contribution is 9.10. The van der Waals surface area contributed by atoms with Crippen LogP contribution in [0.4, 0.5) is 0 Å². The average molecular weight is 288 g/mol. The van der Waals surface area contributed by atoms with E-state index < -0.39 is 5.54 Å². The number of halogens is 1. The molecule has 1 aromatic rings. The van der Waals surface area contributed by atoms with Crippen LogP contribution in [0.25, 0.3) is 0 Å². The molecule has 82 valence electrons. The van der Waals surface area contributed by atoms with Gasteiger partial charge in [-0.25, -0.2) is 0 Å². The number of rotatable bonds is 2. The number of carbonyl (C=O) groups excluding carboxylic acids is 1. The Hall–Kier alpha value is -0.190.